The summed E-state index contributed by atoms with van der Waals surface area (Å²) in [6, 6.07) is 11.5. The van der Waals surface area contributed by atoms with Gasteiger partial charge in [0.1, 0.15) is 5.75 Å². The third kappa shape index (κ3) is 5.53. The van der Waals surface area contributed by atoms with E-state index >= 15 is 0 Å². The van der Waals surface area contributed by atoms with E-state index in [1.807, 2.05) is 0 Å². The Morgan fingerprint density at radius 2 is 1.68 bits per heavy atom. The van der Waals surface area contributed by atoms with Crippen molar-refractivity contribution in [2.75, 3.05) is 12.5 Å². The van der Waals surface area contributed by atoms with Gasteiger partial charge in [-0.2, -0.15) is 18.3 Å². The second-order valence-corrected chi connectivity index (χ2v) is 6.00. The molecule has 0 atom stereocenters. The average Bonchev–Trinajstić information content (AvgIpc) is 2.58. The summed E-state index contributed by atoms with van der Waals surface area (Å²) >= 11 is 0.989. The quantitative estimate of drug-likeness (QED) is 0.356. The first-order valence-corrected chi connectivity index (χ1v) is 7.95. The van der Waals surface area contributed by atoms with E-state index in [1.165, 1.54) is 19.1 Å². The number of ketones is 1. The molecule has 0 unspecified atom stereocenters. The molecule has 0 bridgehead atoms. The summed E-state index contributed by atoms with van der Waals surface area (Å²) in [4.78, 5) is 12.2. The largest absolute Gasteiger partial charge is 0.497 e. The van der Waals surface area contributed by atoms with Crippen molar-refractivity contribution in [3.8, 4) is 5.75 Å². The van der Waals surface area contributed by atoms with Crippen LogP contribution in [0, 0.1) is 0 Å². The zero-order valence-corrected chi connectivity index (χ0v) is 14.2. The summed E-state index contributed by atoms with van der Waals surface area (Å²) in [6.07, 6.45) is -4.39. The number of rotatable bonds is 5. The SMILES string of the molecule is COc1ccc(NN=C(Sc2ccc(C(F)(F)F)cc2)C(C)=O)cc1. The Kier molecular flexibility index (Phi) is 6.08. The Morgan fingerprint density at radius 1 is 1.08 bits per heavy atom. The number of Topliss-reactive ketones (excluding diaryl/α,β-unsaturated/α-hetero) is 1. The molecule has 1 N–H and O–H groups in total. The molecule has 4 nitrogen and oxygen atoms in total. The lowest BCUT2D eigenvalue weighted by atomic mass is 10.2. The Morgan fingerprint density at radius 3 is 2.16 bits per heavy atom. The molecular formula is C17H15F3N2O2S. The number of ether oxygens (including phenoxy) is 1. The molecule has 2 rings (SSSR count). The summed E-state index contributed by atoms with van der Waals surface area (Å²) in [7, 11) is 1.55. The highest BCUT2D eigenvalue weighted by Crippen LogP contribution is 2.31. The predicted octanol–water partition coefficient (Wildman–Crippen LogP) is 4.82. The number of benzene rings is 2. The van der Waals surface area contributed by atoms with Crippen LogP contribution in [-0.4, -0.2) is 17.9 Å². The van der Waals surface area contributed by atoms with E-state index in [0.717, 1.165) is 23.9 Å². The van der Waals surface area contributed by atoms with Crippen LogP contribution in [0.3, 0.4) is 0 Å². The minimum absolute atomic E-state index is 0.135. The Bertz CT molecular complexity index is 757. The second-order valence-electron chi connectivity index (χ2n) is 4.94. The van der Waals surface area contributed by atoms with Crippen molar-refractivity contribution in [2.45, 2.75) is 18.0 Å². The smallest absolute Gasteiger partial charge is 0.416 e. The maximum absolute atomic E-state index is 12.6. The summed E-state index contributed by atoms with van der Waals surface area (Å²) in [5.41, 5.74) is 2.65. The molecule has 0 aliphatic carbocycles. The van der Waals surface area contributed by atoms with Crippen LogP contribution >= 0.6 is 11.8 Å². The van der Waals surface area contributed by atoms with Gasteiger partial charge in [-0.3, -0.25) is 10.2 Å². The van der Waals surface area contributed by atoms with Crippen molar-refractivity contribution in [3.05, 3.63) is 54.1 Å². The third-order valence-electron chi connectivity index (χ3n) is 3.07. The Balaban J connectivity index is 2.10. The van der Waals surface area contributed by atoms with Crippen molar-refractivity contribution in [2.24, 2.45) is 5.10 Å². The molecule has 0 heterocycles. The number of carbonyl (C=O) groups is 1. The van der Waals surface area contributed by atoms with E-state index < -0.39 is 11.7 Å². The summed E-state index contributed by atoms with van der Waals surface area (Å²) in [6.45, 7) is 1.34. The zero-order chi connectivity index (χ0) is 18.4. The minimum Gasteiger partial charge on any atom is -0.497 e. The van der Waals surface area contributed by atoms with Crippen LogP contribution in [0.25, 0.3) is 0 Å². The fourth-order valence-corrected chi connectivity index (χ4v) is 2.51. The van der Waals surface area contributed by atoms with Gasteiger partial charge in [0.15, 0.2) is 10.8 Å². The van der Waals surface area contributed by atoms with Gasteiger partial charge in [-0.05, 0) is 48.5 Å². The molecule has 2 aromatic rings. The molecule has 0 aliphatic rings. The van der Waals surface area contributed by atoms with Gasteiger partial charge in [0.05, 0.1) is 18.4 Å². The van der Waals surface area contributed by atoms with Gasteiger partial charge < -0.3 is 4.74 Å². The number of hydrazone groups is 1. The lowest BCUT2D eigenvalue weighted by molar-refractivity contribution is -0.137. The van der Waals surface area contributed by atoms with Gasteiger partial charge in [0.2, 0.25) is 0 Å². The van der Waals surface area contributed by atoms with Crippen molar-refractivity contribution < 1.29 is 22.7 Å². The number of methoxy groups -OCH3 is 1. The average molecular weight is 368 g/mol. The number of hydrogen-bond acceptors (Lipinski definition) is 5. The van der Waals surface area contributed by atoms with Crippen LogP contribution in [0.5, 0.6) is 5.75 Å². The highest BCUT2D eigenvalue weighted by atomic mass is 32.2. The molecule has 0 spiro atoms. The van der Waals surface area contributed by atoms with Gasteiger partial charge in [-0.15, -0.1) is 0 Å². The summed E-state index contributed by atoms with van der Waals surface area (Å²) in [5.74, 6) is 0.381. The number of nitrogens with one attached hydrogen (secondary N) is 1. The van der Waals surface area contributed by atoms with E-state index in [0.29, 0.717) is 16.3 Å². The number of anilines is 1. The number of hydrogen-bond donors (Lipinski definition) is 1. The number of halogens is 3. The molecule has 132 valence electrons. The monoisotopic (exact) mass is 368 g/mol. The molecule has 0 aliphatic heterocycles. The normalized spacial score (nSPS) is 12.0. The predicted molar refractivity (Wildman–Crippen MR) is 92.0 cm³/mol. The fourth-order valence-electron chi connectivity index (χ4n) is 1.78. The molecular weight excluding hydrogens is 353 g/mol. The van der Waals surface area contributed by atoms with E-state index in [-0.39, 0.29) is 10.8 Å². The maximum atomic E-state index is 12.6. The first-order valence-electron chi connectivity index (χ1n) is 7.13. The van der Waals surface area contributed by atoms with Crippen LogP contribution < -0.4 is 10.2 Å². The Labute approximate surface area is 147 Å². The first kappa shape index (κ1) is 18.9. The van der Waals surface area contributed by atoms with Crippen molar-refractivity contribution in [3.63, 3.8) is 0 Å². The molecule has 0 fully saturated rings. The molecule has 0 aromatic heterocycles. The highest BCUT2D eigenvalue weighted by molar-refractivity contribution is 8.15. The van der Waals surface area contributed by atoms with E-state index in [1.54, 1.807) is 31.4 Å². The summed E-state index contributed by atoms with van der Waals surface area (Å²) in [5, 5.41) is 4.17. The molecule has 25 heavy (non-hydrogen) atoms. The molecule has 0 saturated carbocycles. The van der Waals surface area contributed by atoms with Gasteiger partial charge in [0, 0.05) is 11.8 Å². The van der Waals surface area contributed by atoms with E-state index in [9.17, 15) is 18.0 Å². The van der Waals surface area contributed by atoms with Crippen molar-refractivity contribution >= 4 is 28.3 Å². The van der Waals surface area contributed by atoms with Gasteiger partial charge in [0.25, 0.3) is 0 Å². The van der Waals surface area contributed by atoms with Gasteiger partial charge in [-0.25, -0.2) is 0 Å². The van der Waals surface area contributed by atoms with E-state index in [4.69, 9.17) is 4.74 Å². The van der Waals surface area contributed by atoms with Crippen LogP contribution in [-0.2, 0) is 11.0 Å². The maximum Gasteiger partial charge on any atom is 0.416 e. The topological polar surface area (TPSA) is 50.7 Å². The van der Waals surface area contributed by atoms with Crippen molar-refractivity contribution in [1.82, 2.24) is 0 Å². The van der Waals surface area contributed by atoms with Crippen LogP contribution in [0.1, 0.15) is 12.5 Å². The minimum atomic E-state index is -4.39. The number of carbonyl (C=O) groups excluding carboxylic acids is 1. The third-order valence-corrected chi connectivity index (χ3v) is 4.15. The first-order chi connectivity index (χ1) is 11.8. The lowest BCUT2D eigenvalue weighted by Crippen LogP contribution is -2.08. The lowest BCUT2D eigenvalue weighted by Gasteiger charge is -2.08. The number of thioether (sulfide) groups is 1. The van der Waals surface area contributed by atoms with Gasteiger partial charge >= 0.3 is 6.18 Å². The fraction of sp³-hybridized carbons (Fsp3) is 0.176. The van der Waals surface area contributed by atoms with Crippen LogP contribution in [0.15, 0.2) is 58.5 Å². The van der Waals surface area contributed by atoms with Gasteiger partial charge in [-0.1, -0.05) is 11.8 Å². The van der Waals surface area contributed by atoms with Crippen molar-refractivity contribution in [1.29, 1.82) is 0 Å². The molecule has 0 amide bonds. The Hall–Kier alpha value is -2.48. The van der Waals surface area contributed by atoms with Crippen LogP contribution in [0.2, 0.25) is 0 Å². The molecule has 0 saturated heterocycles. The number of alkyl halides is 3. The summed E-state index contributed by atoms with van der Waals surface area (Å²) < 4.78 is 42.8. The molecule has 0 radical (unpaired) electrons. The zero-order valence-electron chi connectivity index (χ0n) is 13.4. The number of nitrogens with zero attached hydrogens (tertiary/aromatic N) is 1. The second kappa shape index (κ2) is 8.06. The van der Waals surface area contributed by atoms with Crippen LogP contribution in [0.4, 0.5) is 18.9 Å². The standard InChI is InChI=1S/C17H15F3N2O2S/c1-11(23)16(22-21-13-5-7-14(24-2)8-6-13)25-15-9-3-12(4-10-15)17(18,19)20/h3-10,21H,1-2H3. The molecule has 8 heteroatoms. The highest BCUT2D eigenvalue weighted by Gasteiger charge is 2.30. The van der Waals surface area contributed by atoms with E-state index in [2.05, 4.69) is 10.5 Å². The molecule has 2 aromatic carbocycles.